The normalized spacial score (nSPS) is 20.0. The van der Waals surface area contributed by atoms with Gasteiger partial charge in [-0.3, -0.25) is 4.79 Å². The van der Waals surface area contributed by atoms with Crippen LogP contribution < -0.4 is 5.32 Å². The fraction of sp³-hybridized carbons (Fsp3) is 0.818. The Balaban J connectivity index is 2.40. The second-order valence-corrected chi connectivity index (χ2v) is 4.41. The molecule has 16 heavy (non-hydrogen) atoms. The first-order valence-electron chi connectivity index (χ1n) is 5.80. The van der Waals surface area contributed by atoms with Gasteiger partial charge in [-0.15, -0.1) is 0 Å². The number of nitrogens with zero attached hydrogens (tertiary/aromatic N) is 1. The van der Waals surface area contributed by atoms with Crippen LogP contribution in [0.3, 0.4) is 0 Å². The Morgan fingerprint density at radius 2 is 1.75 bits per heavy atom. The largest absolute Gasteiger partial charge is 0.481 e. The molecule has 5 heteroatoms. The van der Waals surface area contributed by atoms with Gasteiger partial charge in [0.1, 0.15) is 0 Å². The molecule has 2 N–H and O–H groups in total. The second-order valence-electron chi connectivity index (χ2n) is 4.41. The summed E-state index contributed by atoms with van der Waals surface area (Å²) < 4.78 is 0. The molecule has 0 spiro atoms. The first kappa shape index (κ1) is 12.8. The summed E-state index contributed by atoms with van der Waals surface area (Å²) in [6.45, 7) is 4.88. The molecule has 0 aromatic carbocycles. The van der Waals surface area contributed by atoms with Crippen LogP contribution in [0, 0.1) is 5.92 Å². The third-order valence-electron chi connectivity index (χ3n) is 3.13. The number of carbonyl (C=O) groups is 2. The van der Waals surface area contributed by atoms with Crippen LogP contribution in [0.25, 0.3) is 0 Å². The minimum Gasteiger partial charge on any atom is -0.481 e. The van der Waals surface area contributed by atoms with Gasteiger partial charge in [-0.25, -0.2) is 4.79 Å². The highest BCUT2D eigenvalue weighted by Gasteiger charge is 2.23. The molecule has 0 bridgehead atoms. The van der Waals surface area contributed by atoms with Gasteiger partial charge in [-0.1, -0.05) is 0 Å². The van der Waals surface area contributed by atoms with Crippen molar-refractivity contribution in [1.29, 1.82) is 0 Å². The number of piperidine rings is 1. The molecule has 2 amide bonds. The van der Waals surface area contributed by atoms with Crippen LogP contribution >= 0.6 is 0 Å². The van der Waals surface area contributed by atoms with Gasteiger partial charge in [0, 0.05) is 19.1 Å². The van der Waals surface area contributed by atoms with Crippen LogP contribution in [0.15, 0.2) is 0 Å². The highest BCUT2D eigenvalue weighted by Crippen LogP contribution is 2.10. The lowest BCUT2D eigenvalue weighted by Gasteiger charge is -2.29. The van der Waals surface area contributed by atoms with Gasteiger partial charge in [-0.05, 0) is 33.1 Å². The lowest BCUT2D eigenvalue weighted by atomic mass is 10.0. The lowest BCUT2D eigenvalue weighted by Crippen LogP contribution is -2.48. The van der Waals surface area contributed by atoms with E-state index < -0.39 is 11.9 Å². The van der Waals surface area contributed by atoms with Gasteiger partial charge < -0.3 is 15.3 Å². The van der Waals surface area contributed by atoms with Crippen molar-refractivity contribution in [3.05, 3.63) is 0 Å². The minimum absolute atomic E-state index is 0.139. The monoisotopic (exact) mass is 228 g/mol. The molecule has 0 radical (unpaired) electrons. The summed E-state index contributed by atoms with van der Waals surface area (Å²) in [4.78, 5) is 24.2. The Kier molecular flexibility index (Phi) is 4.58. The van der Waals surface area contributed by atoms with Gasteiger partial charge in [0.05, 0.1) is 5.92 Å². The lowest BCUT2D eigenvalue weighted by molar-refractivity contribution is -0.141. The number of amides is 2. The number of carboxylic acid groups (broad SMARTS) is 1. The number of aliphatic carboxylic acids is 1. The molecule has 0 aromatic rings. The molecule has 1 fully saturated rings. The number of carboxylic acids is 1. The zero-order valence-corrected chi connectivity index (χ0v) is 9.90. The summed E-state index contributed by atoms with van der Waals surface area (Å²) in [7, 11) is 0. The Morgan fingerprint density at radius 1 is 1.19 bits per heavy atom. The number of likely N-dealkylation sites (tertiary alicyclic amines) is 1. The predicted octanol–water partition coefficient (Wildman–Crippen LogP) is 1.29. The maximum atomic E-state index is 11.8. The number of urea groups is 1. The summed E-state index contributed by atoms with van der Waals surface area (Å²) >= 11 is 0. The first-order valence-corrected chi connectivity index (χ1v) is 5.80. The quantitative estimate of drug-likeness (QED) is 0.764. The van der Waals surface area contributed by atoms with Gasteiger partial charge in [0.2, 0.25) is 0 Å². The number of hydrogen-bond donors (Lipinski definition) is 2. The third kappa shape index (κ3) is 3.40. The molecular weight excluding hydrogens is 208 g/mol. The Labute approximate surface area is 95.8 Å². The van der Waals surface area contributed by atoms with E-state index in [1.165, 1.54) is 6.42 Å². The smallest absolute Gasteiger partial charge is 0.317 e. The molecule has 2 unspecified atom stereocenters. The third-order valence-corrected chi connectivity index (χ3v) is 3.13. The molecular formula is C11H20N2O3. The highest BCUT2D eigenvalue weighted by atomic mass is 16.4. The van der Waals surface area contributed by atoms with E-state index >= 15 is 0 Å². The summed E-state index contributed by atoms with van der Waals surface area (Å²) in [6.07, 6.45) is 3.25. The first-order chi connectivity index (χ1) is 7.52. The number of carbonyl (C=O) groups excluding carboxylic acids is 1. The Morgan fingerprint density at radius 3 is 2.25 bits per heavy atom. The van der Waals surface area contributed by atoms with E-state index in [2.05, 4.69) is 5.32 Å². The number of rotatable bonds is 3. The van der Waals surface area contributed by atoms with E-state index in [1.807, 2.05) is 0 Å². The summed E-state index contributed by atoms with van der Waals surface area (Å²) in [6, 6.07) is -0.479. The molecule has 2 atom stereocenters. The van der Waals surface area contributed by atoms with E-state index in [0.29, 0.717) is 0 Å². The van der Waals surface area contributed by atoms with E-state index in [9.17, 15) is 9.59 Å². The summed E-state index contributed by atoms with van der Waals surface area (Å²) in [5.74, 6) is -1.44. The minimum atomic E-state index is -0.883. The highest BCUT2D eigenvalue weighted by molar-refractivity contribution is 5.76. The number of hydrogen-bond acceptors (Lipinski definition) is 2. The summed E-state index contributed by atoms with van der Waals surface area (Å²) in [5, 5.41) is 11.5. The average molecular weight is 228 g/mol. The van der Waals surface area contributed by atoms with E-state index in [1.54, 1.807) is 18.7 Å². The SMILES string of the molecule is CC(NC(=O)N1CCCCC1)C(C)C(=O)O. The fourth-order valence-corrected chi connectivity index (χ4v) is 1.72. The second kappa shape index (κ2) is 5.72. The maximum Gasteiger partial charge on any atom is 0.317 e. The van der Waals surface area contributed by atoms with Crippen LogP contribution in [0.5, 0.6) is 0 Å². The van der Waals surface area contributed by atoms with Crippen LogP contribution in [0.2, 0.25) is 0 Å². The maximum absolute atomic E-state index is 11.8. The van der Waals surface area contributed by atoms with Crippen molar-refractivity contribution in [1.82, 2.24) is 10.2 Å². The molecule has 1 rings (SSSR count). The van der Waals surface area contributed by atoms with Crippen molar-refractivity contribution in [2.45, 2.75) is 39.2 Å². The van der Waals surface area contributed by atoms with Gasteiger partial charge in [0.15, 0.2) is 0 Å². The average Bonchev–Trinajstić information content (AvgIpc) is 2.28. The molecule has 92 valence electrons. The van der Waals surface area contributed by atoms with E-state index in [0.717, 1.165) is 25.9 Å². The zero-order valence-electron chi connectivity index (χ0n) is 9.90. The number of nitrogens with one attached hydrogen (secondary N) is 1. The predicted molar refractivity (Wildman–Crippen MR) is 60.2 cm³/mol. The molecule has 1 saturated heterocycles. The Hall–Kier alpha value is -1.26. The van der Waals surface area contributed by atoms with Crippen molar-refractivity contribution >= 4 is 12.0 Å². The molecule has 1 heterocycles. The van der Waals surface area contributed by atoms with Crippen molar-refractivity contribution in [2.24, 2.45) is 5.92 Å². The molecule has 1 aliphatic rings. The van der Waals surface area contributed by atoms with Crippen molar-refractivity contribution in [3.8, 4) is 0 Å². The van der Waals surface area contributed by atoms with Crippen LogP contribution in [-0.4, -0.2) is 41.1 Å². The topological polar surface area (TPSA) is 69.6 Å². The molecule has 0 aliphatic carbocycles. The zero-order chi connectivity index (χ0) is 12.1. The molecule has 0 aromatic heterocycles. The Bertz CT molecular complexity index is 262. The van der Waals surface area contributed by atoms with Crippen molar-refractivity contribution < 1.29 is 14.7 Å². The van der Waals surface area contributed by atoms with Crippen LogP contribution in [0.4, 0.5) is 4.79 Å². The standard InChI is InChI=1S/C11H20N2O3/c1-8(10(14)15)9(2)12-11(16)13-6-4-3-5-7-13/h8-9H,3-7H2,1-2H3,(H,12,16)(H,14,15). The molecule has 5 nitrogen and oxygen atoms in total. The molecule has 0 saturated carbocycles. The van der Waals surface area contributed by atoms with Crippen LogP contribution in [-0.2, 0) is 4.79 Å². The van der Waals surface area contributed by atoms with Crippen molar-refractivity contribution in [3.63, 3.8) is 0 Å². The van der Waals surface area contributed by atoms with Gasteiger partial charge >= 0.3 is 12.0 Å². The van der Waals surface area contributed by atoms with E-state index in [-0.39, 0.29) is 12.1 Å². The summed E-state index contributed by atoms with van der Waals surface area (Å²) in [5.41, 5.74) is 0. The van der Waals surface area contributed by atoms with Gasteiger partial charge in [-0.2, -0.15) is 0 Å². The van der Waals surface area contributed by atoms with Crippen LogP contribution in [0.1, 0.15) is 33.1 Å². The fourth-order valence-electron chi connectivity index (χ4n) is 1.72. The molecule has 1 aliphatic heterocycles. The van der Waals surface area contributed by atoms with Gasteiger partial charge in [0.25, 0.3) is 0 Å². The van der Waals surface area contributed by atoms with Crippen molar-refractivity contribution in [2.75, 3.05) is 13.1 Å². The van der Waals surface area contributed by atoms with E-state index in [4.69, 9.17) is 5.11 Å².